The zero-order valence-electron chi connectivity index (χ0n) is 20.4. The monoisotopic (exact) mass is 486 g/mol. The van der Waals surface area contributed by atoms with Crippen molar-refractivity contribution in [2.24, 2.45) is 0 Å². The lowest BCUT2D eigenvalue weighted by Gasteiger charge is -2.23. The number of benzene rings is 2. The van der Waals surface area contributed by atoms with Crippen LogP contribution in [0.15, 0.2) is 42.5 Å². The highest BCUT2D eigenvalue weighted by Gasteiger charge is 2.40. The first-order chi connectivity index (χ1) is 17.5. The summed E-state index contributed by atoms with van der Waals surface area (Å²) in [6.07, 6.45) is 4.74. The average Bonchev–Trinajstić information content (AvgIpc) is 3.55. The highest BCUT2D eigenvalue weighted by Crippen LogP contribution is 2.37. The molecular weight excluding hydrogens is 456 g/mol. The molecule has 9 nitrogen and oxygen atoms in total. The molecule has 1 aliphatic carbocycles. The first-order valence-corrected chi connectivity index (χ1v) is 12.8. The minimum atomic E-state index is -0.329. The van der Waals surface area contributed by atoms with Crippen LogP contribution < -0.4 is 15.5 Å². The molecule has 1 aromatic heterocycles. The third kappa shape index (κ3) is 3.98. The van der Waals surface area contributed by atoms with Crippen molar-refractivity contribution in [2.75, 3.05) is 29.9 Å². The van der Waals surface area contributed by atoms with Crippen molar-refractivity contribution < 1.29 is 14.4 Å². The number of hydrogen-bond acceptors (Lipinski definition) is 4. The van der Waals surface area contributed by atoms with Crippen LogP contribution >= 0.6 is 0 Å². The lowest BCUT2D eigenvalue weighted by atomic mass is 10.1. The molecule has 186 valence electrons. The molecule has 3 aromatic rings. The molecule has 2 bridgehead atoms. The lowest BCUT2D eigenvalue weighted by Crippen LogP contribution is -2.33. The largest absolute Gasteiger partial charge is 0.352 e. The van der Waals surface area contributed by atoms with E-state index >= 15 is 0 Å². The number of fused-ring (bicyclic) bond motifs is 5. The van der Waals surface area contributed by atoms with Gasteiger partial charge in [-0.1, -0.05) is 12.1 Å². The number of carbonyl (C=O) groups excluding carboxylic acids is 3. The second-order valence-corrected chi connectivity index (χ2v) is 9.94. The van der Waals surface area contributed by atoms with Crippen LogP contribution in [0.25, 0.3) is 11.0 Å². The number of hydrogen-bond donors (Lipinski definition) is 2. The second kappa shape index (κ2) is 8.96. The van der Waals surface area contributed by atoms with Gasteiger partial charge < -0.3 is 14.8 Å². The van der Waals surface area contributed by atoms with Crippen LogP contribution in [0, 0.1) is 0 Å². The van der Waals surface area contributed by atoms with Gasteiger partial charge in [-0.15, -0.1) is 0 Å². The van der Waals surface area contributed by atoms with Crippen LogP contribution in [0.2, 0.25) is 0 Å². The molecule has 3 aliphatic rings. The number of nitrogens with one attached hydrogen (secondary N) is 2. The van der Waals surface area contributed by atoms with Crippen molar-refractivity contribution in [3.05, 3.63) is 53.6 Å². The number of rotatable bonds is 2. The van der Waals surface area contributed by atoms with Crippen molar-refractivity contribution in [3.63, 3.8) is 0 Å². The molecule has 0 spiro atoms. The first kappa shape index (κ1) is 22.6. The van der Waals surface area contributed by atoms with Crippen LogP contribution in [-0.4, -0.2) is 58.0 Å². The molecule has 1 atom stereocenters. The molecule has 4 amide bonds. The fraction of sp³-hybridized carbons (Fsp3) is 0.407. The van der Waals surface area contributed by atoms with Gasteiger partial charge in [0.1, 0.15) is 0 Å². The summed E-state index contributed by atoms with van der Waals surface area (Å²) in [5.74, 6) is -0.0566. The summed E-state index contributed by atoms with van der Waals surface area (Å²) in [4.78, 5) is 47.7. The molecule has 9 heteroatoms. The number of anilines is 2. The maximum atomic E-state index is 13.3. The molecule has 2 aromatic carbocycles. The Morgan fingerprint density at radius 3 is 2.50 bits per heavy atom. The summed E-state index contributed by atoms with van der Waals surface area (Å²) in [6.45, 7) is 4.06. The Morgan fingerprint density at radius 2 is 1.69 bits per heavy atom. The molecule has 1 saturated heterocycles. The van der Waals surface area contributed by atoms with E-state index in [-0.39, 0.29) is 23.9 Å². The maximum Gasteiger partial charge on any atom is 0.324 e. The van der Waals surface area contributed by atoms with Gasteiger partial charge in [-0.05, 0) is 69.4 Å². The van der Waals surface area contributed by atoms with Crippen LogP contribution in [0.5, 0.6) is 0 Å². The van der Waals surface area contributed by atoms with Crippen LogP contribution in [0.3, 0.4) is 0 Å². The van der Waals surface area contributed by atoms with Gasteiger partial charge >= 0.3 is 6.03 Å². The van der Waals surface area contributed by atoms with Crippen LogP contribution in [-0.2, 0) is 0 Å². The predicted molar refractivity (Wildman–Crippen MR) is 137 cm³/mol. The zero-order chi connectivity index (χ0) is 24.8. The predicted octanol–water partition coefficient (Wildman–Crippen LogP) is 4.17. The Kier molecular flexibility index (Phi) is 5.62. The molecule has 0 radical (unpaired) electrons. The standard InChI is InChI=1S/C27H30N6O3/c1-17-6-2-3-13-28-24(34)18-7-4-8-19(16-18)25(35)30-26-29-21-9-5-10-22(23(21)33(17)26)32-15-14-31(27(32)36)20-11-12-20/h4-5,7-10,16-17,20H,2-3,6,11-15H2,1H3,(H,28,34)(H,29,30,35)/t17-/m1/s1. The van der Waals surface area contributed by atoms with E-state index in [9.17, 15) is 14.4 Å². The summed E-state index contributed by atoms with van der Waals surface area (Å²) in [5, 5.41) is 5.94. The summed E-state index contributed by atoms with van der Waals surface area (Å²) >= 11 is 0. The van der Waals surface area contributed by atoms with Gasteiger partial charge in [-0.3, -0.25) is 19.8 Å². The van der Waals surface area contributed by atoms with Crippen molar-refractivity contribution in [3.8, 4) is 0 Å². The summed E-state index contributed by atoms with van der Waals surface area (Å²) in [5.41, 5.74) is 3.27. The molecule has 2 fully saturated rings. The quantitative estimate of drug-likeness (QED) is 0.568. The molecule has 2 N–H and O–H groups in total. The molecule has 2 aliphatic heterocycles. The highest BCUT2D eigenvalue weighted by molar-refractivity contribution is 6.07. The minimum Gasteiger partial charge on any atom is -0.352 e. The summed E-state index contributed by atoms with van der Waals surface area (Å²) in [6, 6.07) is 13.0. The zero-order valence-corrected chi connectivity index (χ0v) is 20.4. The fourth-order valence-corrected chi connectivity index (χ4v) is 5.34. The molecule has 0 unspecified atom stereocenters. The second-order valence-electron chi connectivity index (χ2n) is 9.94. The Hall–Kier alpha value is -3.88. The van der Waals surface area contributed by atoms with Crippen molar-refractivity contribution in [1.29, 1.82) is 0 Å². The van der Waals surface area contributed by atoms with Gasteiger partial charge in [0.2, 0.25) is 5.95 Å². The Morgan fingerprint density at radius 1 is 0.917 bits per heavy atom. The van der Waals surface area contributed by atoms with E-state index in [0.717, 1.165) is 55.4 Å². The van der Waals surface area contributed by atoms with E-state index in [1.807, 2.05) is 28.0 Å². The van der Waals surface area contributed by atoms with E-state index in [0.29, 0.717) is 36.2 Å². The normalized spacial score (nSPS) is 21.2. The number of amides is 4. The van der Waals surface area contributed by atoms with Crippen molar-refractivity contribution in [1.82, 2.24) is 19.8 Å². The maximum absolute atomic E-state index is 13.3. The SMILES string of the molecule is C[C@@H]1CCCCNC(=O)c2cccc(c2)C(=O)Nc2nc3cccc(N4CCN(C5CC5)C4=O)c3n21. The molecular formula is C27H30N6O3. The third-order valence-electron chi connectivity index (χ3n) is 7.40. The van der Waals surface area contributed by atoms with E-state index in [4.69, 9.17) is 4.98 Å². The Balaban J connectivity index is 1.44. The van der Waals surface area contributed by atoms with Crippen LogP contribution in [0.1, 0.15) is 65.8 Å². The van der Waals surface area contributed by atoms with E-state index in [1.165, 1.54) is 0 Å². The third-order valence-corrected chi connectivity index (χ3v) is 7.40. The fourth-order valence-electron chi connectivity index (χ4n) is 5.34. The number of imidazole rings is 1. The topological polar surface area (TPSA) is 99.6 Å². The number of nitrogens with zero attached hydrogens (tertiary/aromatic N) is 4. The van der Waals surface area contributed by atoms with Gasteiger partial charge in [0.25, 0.3) is 11.8 Å². The summed E-state index contributed by atoms with van der Waals surface area (Å²) in [7, 11) is 0. The smallest absolute Gasteiger partial charge is 0.324 e. The molecule has 36 heavy (non-hydrogen) atoms. The Bertz CT molecular complexity index is 1360. The number of urea groups is 1. The molecule has 1 saturated carbocycles. The van der Waals surface area contributed by atoms with Gasteiger partial charge in [-0.25, -0.2) is 9.78 Å². The van der Waals surface area contributed by atoms with Gasteiger partial charge in [0, 0.05) is 42.8 Å². The van der Waals surface area contributed by atoms with Crippen molar-refractivity contribution >= 4 is 40.5 Å². The number of para-hydroxylation sites is 1. The average molecular weight is 487 g/mol. The molecule has 3 heterocycles. The summed E-state index contributed by atoms with van der Waals surface area (Å²) < 4.78 is 2.07. The Labute approximate surface area is 209 Å². The van der Waals surface area contributed by atoms with E-state index in [2.05, 4.69) is 22.1 Å². The number of carbonyl (C=O) groups is 3. The van der Waals surface area contributed by atoms with Gasteiger partial charge in [0.05, 0.1) is 16.7 Å². The number of aromatic nitrogens is 2. The van der Waals surface area contributed by atoms with Gasteiger partial charge in [0.15, 0.2) is 0 Å². The van der Waals surface area contributed by atoms with E-state index < -0.39 is 0 Å². The van der Waals surface area contributed by atoms with E-state index in [1.54, 1.807) is 24.3 Å². The van der Waals surface area contributed by atoms with Gasteiger partial charge in [-0.2, -0.15) is 0 Å². The first-order valence-electron chi connectivity index (χ1n) is 12.8. The van der Waals surface area contributed by atoms with Crippen LogP contribution in [0.4, 0.5) is 16.4 Å². The minimum absolute atomic E-state index is 0.0219. The molecule has 6 rings (SSSR count). The van der Waals surface area contributed by atoms with Crippen molar-refractivity contribution in [2.45, 2.75) is 51.1 Å². The lowest BCUT2D eigenvalue weighted by molar-refractivity contribution is 0.0953. The highest BCUT2D eigenvalue weighted by atomic mass is 16.2.